The maximum absolute atomic E-state index is 11.9. The monoisotopic (exact) mass is 383 g/mol. The molecule has 0 bridgehead atoms. The quantitative estimate of drug-likeness (QED) is 0.353. The number of nitro groups is 1. The third kappa shape index (κ3) is 4.82. The molecule has 0 aliphatic heterocycles. The van der Waals surface area contributed by atoms with Gasteiger partial charge < -0.3 is 15.8 Å². The van der Waals surface area contributed by atoms with E-state index in [2.05, 4.69) is 5.32 Å². The number of esters is 1. The van der Waals surface area contributed by atoms with Gasteiger partial charge in [0.1, 0.15) is 0 Å². The van der Waals surface area contributed by atoms with Gasteiger partial charge in [-0.15, -0.1) is 0 Å². The van der Waals surface area contributed by atoms with Crippen molar-refractivity contribution in [2.24, 2.45) is 0 Å². The summed E-state index contributed by atoms with van der Waals surface area (Å²) in [6.07, 6.45) is 0. The van der Waals surface area contributed by atoms with Crippen LogP contribution in [0.2, 0.25) is 10.0 Å². The van der Waals surface area contributed by atoms with E-state index < -0.39 is 23.4 Å². The number of halogens is 2. The van der Waals surface area contributed by atoms with E-state index in [1.165, 1.54) is 12.1 Å². The van der Waals surface area contributed by atoms with Gasteiger partial charge in [0.15, 0.2) is 6.61 Å². The number of carbonyl (C=O) groups excluding carboxylic acids is 2. The molecule has 0 saturated heterocycles. The fraction of sp³-hybridized carbons (Fsp3) is 0.0667. The molecule has 0 atom stereocenters. The molecule has 0 radical (unpaired) electrons. The number of amides is 1. The molecule has 10 heteroatoms. The lowest BCUT2D eigenvalue weighted by Crippen LogP contribution is -2.21. The number of hydrogen-bond acceptors (Lipinski definition) is 6. The number of anilines is 2. The molecular formula is C15H11Cl2N3O5. The van der Waals surface area contributed by atoms with Crippen molar-refractivity contribution < 1.29 is 19.2 Å². The number of nitro benzene ring substituents is 1. The second-order valence-corrected chi connectivity index (χ2v) is 5.62. The Morgan fingerprint density at radius 1 is 1.20 bits per heavy atom. The summed E-state index contributed by atoms with van der Waals surface area (Å²) in [5, 5.41) is 13.7. The summed E-state index contributed by atoms with van der Waals surface area (Å²) in [6.45, 7) is -0.599. The van der Waals surface area contributed by atoms with Crippen molar-refractivity contribution >= 4 is 52.1 Å². The number of hydrogen-bond donors (Lipinski definition) is 2. The molecule has 0 fully saturated rings. The van der Waals surface area contributed by atoms with Crippen LogP contribution in [-0.2, 0) is 9.53 Å². The number of carbonyl (C=O) groups is 2. The van der Waals surface area contributed by atoms with E-state index in [-0.39, 0.29) is 27.6 Å². The van der Waals surface area contributed by atoms with Crippen molar-refractivity contribution in [3.8, 4) is 0 Å². The van der Waals surface area contributed by atoms with Crippen molar-refractivity contribution in [1.29, 1.82) is 0 Å². The summed E-state index contributed by atoms with van der Waals surface area (Å²) < 4.78 is 4.84. The fourth-order valence-electron chi connectivity index (χ4n) is 1.84. The molecule has 3 N–H and O–H groups in total. The Balaban J connectivity index is 1.98. The minimum absolute atomic E-state index is 0.0841. The van der Waals surface area contributed by atoms with Crippen molar-refractivity contribution in [3.05, 3.63) is 62.1 Å². The Morgan fingerprint density at radius 2 is 1.92 bits per heavy atom. The van der Waals surface area contributed by atoms with E-state index in [4.69, 9.17) is 33.7 Å². The Morgan fingerprint density at radius 3 is 2.56 bits per heavy atom. The predicted molar refractivity (Wildman–Crippen MR) is 92.9 cm³/mol. The van der Waals surface area contributed by atoms with E-state index in [1.54, 1.807) is 6.07 Å². The summed E-state index contributed by atoms with van der Waals surface area (Å²) in [5.41, 5.74) is 5.38. The predicted octanol–water partition coefficient (Wildman–Crippen LogP) is 3.28. The van der Waals surface area contributed by atoms with Gasteiger partial charge in [-0.3, -0.25) is 14.9 Å². The first-order valence-electron chi connectivity index (χ1n) is 6.74. The van der Waals surface area contributed by atoms with Gasteiger partial charge in [-0.25, -0.2) is 4.79 Å². The minimum atomic E-state index is -0.889. The molecule has 25 heavy (non-hydrogen) atoms. The van der Waals surface area contributed by atoms with Crippen LogP contribution >= 0.6 is 23.2 Å². The third-order valence-corrected chi connectivity index (χ3v) is 3.57. The molecule has 8 nitrogen and oxygen atoms in total. The highest BCUT2D eigenvalue weighted by molar-refractivity contribution is 6.35. The summed E-state index contributed by atoms with van der Waals surface area (Å²) in [6, 6.07) is 7.79. The van der Waals surface area contributed by atoms with Crippen LogP contribution < -0.4 is 11.1 Å². The largest absolute Gasteiger partial charge is 0.452 e. The normalized spacial score (nSPS) is 10.2. The second kappa shape index (κ2) is 7.82. The lowest BCUT2D eigenvalue weighted by molar-refractivity contribution is -0.384. The van der Waals surface area contributed by atoms with Crippen LogP contribution in [0.25, 0.3) is 0 Å². The van der Waals surface area contributed by atoms with E-state index >= 15 is 0 Å². The zero-order chi connectivity index (χ0) is 18.6. The average Bonchev–Trinajstić information content (AvgIpc) is 2.55. The van der Waals surface area contributed by atoms with Crippen LogP contribution in [0.5, 0.6) is 0 Å². The van der Waals surface area contributed by atoms with E-state index in [9.17, 15) is 19.7 Å². The van der Waals surface area contributed by atoms with E-state index in [0.717, 1.165) is 18.2 Å². The lowest BCUT2D eigenvalue weighted by Gasteiger charge is -2.09. The lowest BCUT2D eigenvalue weighted by atomic mass is 10.1. The van der Waals surface area contributed by atoms with Crippen LogP contribution in [0.4, 0.5) is 17.1 Å². The van der Waals surface area contributed by atoms with Gasteiger partial charge in [-0.1, -0.05) is 23.2 Å². The molecule has 0 spiro atoms. The standard InChI is InChI=1S/C15H11Cl2N3O5/c16-8-1-4-11(17)13(5-8)19-14(21)7-25-15(22)10-3-2-9(20(23)24)6-12(10)18/h1-6H,7,18H2,(H,19,21). The first-order valence-corrected chi connectivity index (χ1v) is 7.49. The van der Waals surface area contributed by atoms with Gasteiger partial charge in [0.2, 0.25) is 0 Å². The summed E-state index contributed by atoms with van der Waals surface area (Å²) in [7, 11) is 0. The third-order valence-electron chi connectivity index (χ3n) is 3.00. The number of nitrogens with two attached hydrogens (primary N) is 1. The minimum Gasteiger partial charge on any atom is -0.452 e. The number of nitrogens with zero attached hydrogens (tertiary/aromatic N) is 1. The molecule has 0 aromatic heterocycles. The van der Waals surface area contributed by atoms with Crippen LogP contribution in [0.1, 0.15) is 10.4 Å². The molecular weight excluding hydrogens is 373 g/mol. The maximum Gasteiger partial charge on any atom is 0.340 e. The van der Waals surface area contributed by atoms with Gasteiger partial charge in [-0.05, 0) is 24.3 Å². The van der Waals surface area contributed by atoms with E-state index in [0.29, 0.717) is 5.02 Å². The fourth-order valence-corrected chi connectivity index (χ4v) is 2.17. The van der Waals surface area contributed by atoms with Gasteiger partial charge >= 0.3 is 5.97 Å². The zero-order valence-corrected chi connectivity index (χ0v) is 14.0. The van der Waals surface area contributed by atoms with Crippen molar-refractivity contribution in [2.45, 2.75) is 0 Å². The van der Waals surface area contributed by atoms with Crippen LogP contribution in [0.3, 0.4) is 0 Å². The first-order chi connectivity index (χ1) is 11.8. The highest BCUT2D eigenvalue weighted by atomic mass is 35.5. The maximum atomic E-state index is 11.9. The Hall–Kier alpha value is -2.84. The molecule has 2 aromatic carbocycles. The van der Waals surface area contributed by atoms with Crippen molar-refractivity contribution in [3.63, 3.8) is 0 Å². The SMILES string of the molecule is Nc1cc([N+](=O)[O-])ccc1C(=O)OCC(=O)Nc1cc(Cl)ccc1Cl. The summed E-state index contributed by atoms with van der Waals surface area (Å²) in [4.78, 5) is 33.7. The number of benzene rings is 2. The number of non-ortho nitro benzene ring substituents is 1. The van der Waals surface area contributed by atoms with Crippen molar-refractivity contribution in [2.75, 3.05) is 17.7 Å². The molecule has 0 saturated carbocycles. The summed E-state index contributed by atoms with van der Waals surface area (Å²) >= 11 is 11.7. The molecule has 2 aromatic rings. The van der Waals surface area contributed by atoms with Gasteiger partial charge in [0, 0.05) is 17.2 Å². The molecule has 0 aliphatic carbocycles. The Bertz CT molecular complexity index is 857. The van der Waals surface area contributed by atoms with Gasteiger partial charge in [0.05, 0.1) is 26.9 Å². The molecule has 1 amide bonds. The number of ether oxygens (including phenoxy) is 1. The molecule has 130 valence electrons. The molecule has 0 heterocycles. The Kier molecular flexibility index (Phi) is 5.79. The molecule has 2 rings (SSSR count). The van der Waals surface area contributed by atoms with Gasteiger partial charge in [-0.2, -0.15) is 0 Å². The van der Waals surface area contributed by atoms with Crippen LogP contribution in [0.15, 0.2) is 36.4 Å². The second-order valence-electron chi connectivity index (χ2n) is 4.78. The first kappa shape index (κ1) is 18.5. The molecule has 0 aliphatic rings. The van der Waals surface area contributed by atoms with Crippen LogP contribution in [-0.4, -0.2) is 23.4 Å². The number of nitrogen functional groups attached to an aromatic ring is 1. The van der Waals surface area contributed by atoms with Crippen molar-refractivity contribution in [1.82, 2.24) is 0 Å². The average molecular weight is 384 g/mol. The van der Waals surface area contributed by atoms with Crippen LogP contribution in [0, 0.1) is 10.1 Å². The summed E-state index contributed by atoms with van der Waals surface area (Å²) in [5.74, 6) is -1.53. The topological polar surface area (TPSA) is 125 Å². The highest BCUT2D eigenvalue weighted by Gasteiger charge is 2.17. The number of nitrogens with one attached hydrogen (secondary N) is 1. The smallest absolute Gasteiger partial charge is 0.340 e. The van der Waals surface area contributed by atoms with E-state index in [1.807, 2.05) is 0 Å². The Labute approximate surface area is 151 Å². The highest BCUT2D eigenvalue weighted by Crippen LogP contribution is 2.25. The number of rotatable bonds is 5. The zero-order valence-electron chi connectivity index (χ0n) is 12.5. The van der Waals surface area contributed by atoms with Gasteiger partial charge in [0.25, 0.3) is 11.6 Å². The molecule has 0 unspecified atom stereocenters.